The molecule has 148 valence electrons. The highest BCUT2D eigenvalue weighted by Crippen LogP contribution is 2.24. The Morgan fingerprint density at radius 1 is 1.07 bits per heavy atom. The number of carbonyl (C=O) groups is 3. The third-order valence-electron chi connectivity index (χ3n) is 4.62. The summed E-state index contributed by atoms with van der Waals surface area (Å²) in [5.74, 6) is -0.417. The van der Waals surface area contributed by atoms with Gasteiger partial charge in [-0.2, -0.15) is 0 Å². The molecule has 7 nitrogen and oxygen atoms in total. The number of hydrogen-bond acceptors (Lipinski definition) is 4. The van der Waals surface area contributed by atoms with Crippen LogP contribution in [0.25, 0.3) is 0 Å². The lowest BCUT2D eigenvalue weighted by atomic mass is 9.95. The molecule has 1 aromatic carbocycles. The number of rotatable bonds is 4. The highest BCUT2D eigenvalue weighted by molar-refractivity contribution is 6.01. The lowest BCUT2D eigenvalue weighted by Gasteiger charge is -2.23. The molecule has 1 atom stereocenters. The molecule has 0 bridgehead atoms. The molecule has 0 unspecified atom stereocenters. The lowest BCUT2D eigenvalue weighted by molar-refractivity contribution is -0.123. The molecule has 2 aromatic rings. The van der Waals surface area contributed by atoms with Crippen molar-refractivity contribution in [2.45, 2.75) is 39.7 Å². The van der Waals surface area contributed by atoms with E-state index in [1.54, 1.807) is 41.3 Å². The lowest BCUT2D eigenvalue weighted by Crippen LogP contribution is -2.43. The number of anilines is 2. The zero-order chi connectivity index (χ0) is 20.3. The first kappa shape index (κ1) is 19.7. The van der Waals surface area contributed by atoms with Crippen molar-refractivity contribution in [3.63, 3.8) is 0 Å². The van der Waals surface area contributed by atoms with Crippen LogP contribution in [0, 0.1) is 5.41 Å². The zero-order valence-electron chi connectivity index (χ0n) is 16.3. The Morgan fingerprint density at radius 3 is 2.43 bits per heavy atom. The van der Waals surface area contributed by atoms with Crippen LogP contribution in [0.3, 0.4) is 0 Å². The van der Waals surface area contributed by atoms with Gasteiger partial charge < -0.3 is 20.0 Å². The Hall–Kier alpha value is -3.09. The summed E-state index contributed by atoms with van der Waals surface area (Å²) in [5.41, 5.74) is 0.650. The molecule has 1 aromatic heterocycles. The van der Waals surface area contributed by atoms with Crippen molar-refractivity contribution >= 4 is 29.1 Å². The van der Waals surface area contributed by atoms with Crippen molar-refractivity contribution in [3.8, 4) is 0 Å². The van der Waals surface area contributed by atoms with E-state index in [1.807, 2.05) is 20.8 Å². The van der Waals surface area contributed by atoms with Crippen LogP contribution < -0.4 is 10.6 Å². The maximum Gasteiger partial charge on any atom is 0.290 e. The summed E-state index contributed by atoms with van der Waals surface area (Å²) in [6.07, 6.45) is 2.79. The van der Waals surface area contributed by atoms with Gasteiger partial charge in [0.05, 0.1) is 6.26 Å². The van der Waals surface area contributed by atoms with E-state index >= 15 is 0 Å². The predicted molar refractivity (Wildman–Crippen MR) is 106 cm³/mol. The summed E-state index contributed by atoms with van der Waals surface area (Å²) < 4.78 is 5.17. The van der Waals surface area contributed by atoms with Crippen LogP contribution in [0.1, 0.15) is 44.2 Å². The van der Waals surface area contributed by atoms with Gasteiger partial charge in [-0.3, -0.25) is 14.4 Å². The van der Waals surface area contributed by atoms with E-state index in [9.17, 15) is 14.4 Å². The second-order valence-electron chi connectivity index (χ2n) is 7.91. The van der Waals surface area contributed by atoms with Crippen LogP contribution in [0.2, 0.25) is 0 Å². The summed E-state index contributed by atoms with van der Waals surface area (Å²) in [6, 6.07) is 9.67. The maximum absolute atomic E-state index is 12.8. The number of hydrogen-bond donors (Lipinski definition) is 2. The fourth-order valence-electron chi connectivity index (χ4n) is 3.04. The first-order valence-electron chi connectivity index (χ1n) is 9.32. The Bertz CT molecular complexity index is 868. The van der Waals surface area contributed by atoms with Gasteiger partial charge in [0.2, 0.25) is 11.8 Å². The first-order valence-corrected chi connectivity index (χ1v) is 9.32. The quantitative estimate of drug-likeness (QED) is 0.845. The van der Waals surface area contributed by atoms with Crippen molar-refractivity contribution < 1.29 is 18.8 Å². The van der Waals surface area contributed by atoms with Gasteiger partial charge in [0.15, 0.2) is 5.76 Å². The van der Waals surface area contributed by atoms with E-state index < -0.39 is 11.5 Å². The highest BCUT2D eigenvalue weighted by Gasteiger charge is 2.35. The summed E-state index contributed by atoms with van der Waals surface area (Å²) >= 11 is 0. The van der Waals surface area contributed by atoms with Gasteiger partial charge in [0.25, 0.3) is 5.91 Å². The molecule has 0 radical (unpaired) electrons. The molecular formula is C21H25N3O4. The Kier molecular flexibility index (Phi) is 5.53. The Labute approximate surface area is 164 Å². The average molecular weight is 383 g/mol. The molecule has 1 saturated heterocycles. The van der Waals surface area contributed by atoms with Gasteiger partial charge in [-0.15, -0.1) is 0 Å². The topological polar surface area (TPSA) is 91.7 Å². The number of carbonyl (C=O) groups excluding carboxylic acids is 3. The van der Waals surface area contributed by atoms with Crippen molar-refractivity contribution in [2.24, 2.45) is 5.41 Å². The fourth-order valence-corrected chi connectivity index (χ4v) is 3.04. The van der Waals surface area contributed by atoms with Gasteiger partial charge >= 0.3 is 0 Å². The predicted octanol–water partition coefficient (Wildman–Crippen LogP) is 3.51. The number of likely N-dealkylation sites (tertiary alicyclic amines) is 1. The monoisotopic (exact) mass is 383 g/mol. The maximum atomic E-state index is 12.8. The standard InChI is InChI=1S/C21H25N3O4/c1-21(2,3)20(27)23-15-8-4-7-14(13-15)22-18(25)16-9-5-11-24(16)19(26)17-10-6-12-28-17/h4,6-8,10,12-13,16H,5,9,11H2,1-3H3,(H,22,25)(H,23,27)/t16-/m1/s1. The molecule has 3 amide bonds. The molecule has 0 saturated carbocycles. The SMILES string of the molecule is CC(C)(C)C(=O)Nc1cccc(NC(=O)[C@H]2CCCN2C(=O)c2ccco2)c1. The molecule has 1 aliphatic heterocycles. The molecule has 28 heavy (non-hydrogen) atoms. The molecule has 7 heteroatoms. The van der Waals surface area contributed by atoms with Crippen LogP contribution >= 0.6 is 0 Å². The number of furan rings is 1. The van der Waals surface area contributed by atoms with E-state index in [-0.39, 0.29) is 23.5 Å². The van der Waals surface area contributed by atoms with Gasteiger partial charge in [0.1, 0.15) is 6.04 Å². The van der Waals surface area contributed by atoms with Crippen LogP contribution in [0.4, 0.5) is 11.4 Å². The van der Waals surface area contributed by atoms with E-state index in [4.69, 9.17) is 4.42 Å². The van der Waals surface area contributed by atoms with Crippen LogP contribution in [-0.2, 0) is 9.59 Å². The van der Waals surface area contributed by atoms with Crippen LogP contribution in [0.5, 0.6) is 0 Å². The highest BCUT2D eigenvalue weighted by atomic mass is 16.3. The largest absolute Gasteiger partial charge is 0.459 e. The smallest absolute Gasteiger partial charge is 0.290 e. The van der Waals surface area contributed by atoms with Crippen LogP contribution in [0.15, 0.2) is 47.1 Å². The summed E-state index contributed by atoms with van der Waals surface area (Å²) in [7, 11) is 0. The minimum Gasteiger partial charge on any atom is -0.459 e. The molecule has 1 fully saturated rings. The third-order valence-corrected chi connectivity index (χ3v) is 4.62. The average Bonchev–Trinajstić information content (AvgIpc) is 3.32. The Balaban J connectivity index is 1.68. The molecule has 1 aliphatic rings. The molecule has 0 spiro atoms. The van der Waals surface area contributed by atoms with Gasteiger partial charge in [-0.1, -0.05) is 26.8 Å². The molecule has 0 aliphatic carbocycles. The van der Waals surface area contributed by atoms with E-state index in [2.05, 4.69) is 10.6 Å². The fraction of sp³-hybridized carbons (Fsp3) is 0.381. The molecule has 2 heterocycles. The van der Waals surface area contributed by atoms with E-state index in [1.165, 1.54) is 6.26 Å². The summed E-state index contributed by atoms with van der Waals surface area (Å²) in [5, 5.41) is 5.70. The van der Waals surface area contributed by atoms with E-state index in [0.717, 1.165) is 6.42 Å². The van der Waals surface area contributed by atoms with Crippen molar-refractivity contribution in [1.29, 1.82) is 0 Å². The number of nitrogens with one attached hydrogen (secondary N) is 2. The second-order valence-corrected chi connectivity index (χ2v) is 7.91. The first-order chi connectivity index (χ1) is 13.3. The number of nitrogens with zero attached hydrogens (tertiary/aromatic N) is 1. The number of benzene rings is 1. The summed E-state index contributed by atoms with van der Waals surface area (Å²) in [4.78, 5) is 39.0. The molecule has 3 rings (SSSR count). The third kappa shape index (κ3) is 4.42. The minimum atomic E-state index is -0.551. The minimum absolute atomic E-state index is 0.109. The van der Waals surface area contributed by atoms with Crippen LogP contribution in [-0.4, -0.2) is 35.2 Å². The van der Waals surface area contributed by atoms with E-state index in [0.29, 0.717) is 24.3 Å². The van der Waals surface area contributed by atoms with Gasteiger partial charge in [-0.25, -0.2) is 0 Å². The van der Waals surface area contributed by atoms with Gasteiger partial charge in [0, 0.05) is 23.3 Å². The van der Waals surface area contributed by atoms with Gasteiger partial charge in [-0.05, 0) is 43.2 Å². The second kappa shape index (κ2) is 7.88. The van der Waals surface area contributed by atoms with Crippen molar-refractivity contribution in [3.05, 3.63) is 48.4 Å². The Morgan fingerprint density at radius 2 is 1.79 bits per heavy atom. The normalized spacial score (nSPS) is 16.7. The number of amides is 3. The zero-order valence-corrected chi connectivity index (χ0v) is 16.3. The summed E-state index contributed by atoms with van der Waals surface area (Å²) in [6.45, 7) is 6.01. The van der Waals surface area contributed by atoms with Crippen molar-refractivity contribution in [2.75, 3.05) is 17.2 Å². The molecular weight excluding hydrogens is 358 g/mol. The molecule has 2 N–H and O–H groups in total. The van der Waals surface area contributed by atoms with Crippen molar-refractivity contribution in [1.82, 2.24) is 4.90 Å².